The van der Waals surface area contributed by atoms with Crippen LogP contribution in [0.25, 0.3) is 0 Å². The molecule has 13 heavy (non-hydrogen) atoms. The summed E-state index contributed by atoms with van der Waals surface area (Å²) in [6, 6.07) is 2.55. The van der Waals surface area contributed by atoms with E-state index in [0.29, 0.717) is 6.07 Å². The Morgan fingerprint density at radius 3 is 2.08 bits per heavy atom. The van der Waals surface area contributed by atoms with Crippen molar-refractivity contribution in [3.8, 4) is 0 Å². The Balaban J connectivity index is 0.00000144. The van der Waals surface area contributed by atoms with Crippen LogP contribution < -0.4 is 0 Å². The molecule has 1 aromatic carbocycles. The molecule has 0 aromatic heterocycles. The first-order valence-electron chi connectivity index (χ1n) is 3.10. The van der Waals surface area contributed by atoms with Crippen LogP contribution in [0.15, 0.2) is 18.2 Å². The molecular weight excluding hydrogens is 237 g/mol. The van der Waals surface area contributed by atoms with E-state index in [4.69, 9.17) is 0 Å². The van der Waals surface area contributed by atoms with Gasteiger partial charge in [-0.15, -0.1) is 12.1 Å². The van der Waals surface area contributed by atoms with Crippen LogP contribution in [0.2, 0.25) is 0 Å². The summed E-state index contributed by atoms with van der Waals surface area (Å²) in [4.78, 5) is 0. The van der Waals surface area contributed by atoms with Gasteiger partial charge in [-0.1, -0.05) is 0 Å². The zero-order valence-corrected chi connectivity index (χ0v) is 9.63. The SMILES string of the molecule is [CH2-]c1ccc(C(F)(F)F)c(F)c1.[Zn]. The summed E-state index contributed by atoms with van der Waals surface area (Å²) in [6.45, 7) is 3.30. The minimum atomic E-state index is -4.63. The van der Waals surface area contributed by atoms with E-state index in [1.807, 2.05) is 0 Å². The van der Waals surface area contributed by atoms with Crippen molar-refractivity contribution in [1.29, 1.82) is 0 Å². The molecule has 0 aliphatic heterocycles. The Morgan fingerprint density at radius 1 is 1.15 bits per heavy atom. The summed E-state index contributed by atoms with van der Waals surface area (Å²) in [5.41, 5.74) is -1.03. The number of hydrogen-bond acceptors (Lipinski definition) is 0. The molecule has 0 radical (unpaired) electrons. The van der Waals surface area contributed by atoms with Gasteiger partial charge >= 0.3 is 6.18 Å². The molecule has 1 aromatic rings. The Bertz CT molecular complexity index is 293. The predicted molar refractivity (Wildman–Crippen MR) is 35.9 cm³/mol. The van der Waals surface area contributed by atoms with E-state index in [0.717, 1.165) is 12.1 Å². The Hall–Kier alpha value is -0.567. The molecule has 0 amide bonds. The molecule has 68 valence electrons. The summed E-state index contributed by atoms with van der Waals surface area (Å²) in [5.74, 6) is -1.28. The second-order valence-electron chi connectivity index (χ2n) is 2.31. The van der Waals surface area contributed by atoms with Crippen LogP contribution in [-0.4, -0.2) is 0 Å². The summed E-state index contributed by atoms with van der Waals surface area (Å²) in [7, 11) is 0. The Kier molecular flexibility index (Phi) is 3.92. The van der Waals surface area contributed by atoms with Gasteiger partial charge in [-0.25, -0.2) is 4.39 Å². The van der Waals surface area contributed by atoms with Crippen molar-refractivity contribution in [1.82, 2.24) is 0 Å². The van der Waals surface area contributed by atoms with Gasteiger partial charge in [-0.05, 0) is 0 Å². The van der Waals surface area contributed by atoms with Crippen molar-refractivity contribution in [3.63, 3.8) is 0 Å². The monoisotopic (exact) mass is 241 g/mol. The molecule has 0 heterocycles. The maximum Gasteiger partial charge on any atom is 0.417 e. The van der Waals surface area contributed by atoms with E-state index in [1.54, 1.807) is 0 Å². The molecule has 0 fully saturated rings. The van der Waals surface area contributed by atoms with Gasteiger partial charge in [0.2, 0.25) is 0 Å². The van der Waals surface area contributed by atoms with Crippen molar-refractivity contribution in [3.05, 3.63) is 42.1 Å². The van der Waals surface area contributed by atoms with E-state index >= 15 is 0 Å². The average molecular weight is 243 g/mol. The molecule has 0 spiro atoms. The molecule has 0 saturated heterocycles. The predicted octanol–water partition coefficient (Wildman–Crippen LogP) is 3.02. The molecule has 0 atom stereocenters. The van der Waals surface area contributed by atoms with Crippen LogP contribution in [0, 0.1) is 12.7 Å². The van der Waals surface area contributed by atoms with Gasteiger partial charge in [0, 0.05) is 19.5 Å². The van der Waals surface area contributed by atoms with Crippen LogP contribution in [0.1, 0.15) is 11.1 Å². The van der Waals surface area contributed by atoms with Crippen LogP contribution >= 0.6 is 0 Å². The minimum Gasteiger partial charge on any atom is -0.221 e. The third kappa shape index (κ3) is 2.99. The van der Waals surface area contributed by atoms with Crippen molar-refractivity contribution >= 4 is 0 Å². The van der Waals surface area contributed by atoms with Crippen molar-refractivity contribution in [2.24, 2.45) is 0 Å². The van der Waals surface area contributed by atoms with Gasteiger partial charge in [0.25, 0.3) is 0 Å². The third-order valence-electron chi connectivity index (χ3n) is 1.34. The topological polar surface area (TPSA) is 0 Å². The molecule has 5 heteroatoms. The fraction of sp³-hybridized carbons (Fsp3) is 0.125. The molecule has 0 saturated carbocycles. The third-order valence-corrected chi connectivity index (χ3v) is 1.34. The molecule has 1 rings (SSSR count). The van der Waals surface area contributed by atoms with Gasteiger partial charge in [0.05, 0.1) is 11.4 Å². The first-order valence-corrected chi connectivity index (χ1v) is 3.10. The summed E-state index contributed by atoms with van der Waals surface area (Å²) in [6.07, 6.45) is -4.63. The van der Waals surface area contributed by atoms with Crippen LogP contribution in [0.3, 0.4) is 0 Å². The maximum absolute atomic E-state index is 12.6. The summed E-state index contributed by atoms with van der Waals surface area (Å²) < 4.78 is 48.3. The molecule has 0 nitrogen and oxygen atoms in total. The zero-order chi connectivity index (χ0) is 9.35. The molecule has 0 bridgehead atoms. The van der Waals surface area contributed by atoms with E-state index in [1.165, 1.54) is 0 Å². The fourth-order valence-corrected chi connectivity index (χ4v) is 0.789. The van der Waals surface area contributed by atoms with Crippen molar-refractivity contribution in [2.75, 3.05) is 0 Å². The Labute approximate surface area is 85.7 Å². The fourth-order valence-electron chi connectivity index (χ4n) is 0.789. The van der Waals surface area contributed by atoms with Crippen molar-refractivity contribution in [2.45, 2.75) is 6.18 Å². The first kappa shape index (κ1) is 12.4. The number of hydrogen-bond donors (Lipinski definition) is 0. The van der Waals surface area contributed by atoms with Crippen LogP contribution in [0.4, 0.5) is 17.6 Å². The van der Waals surface area contributed by atoms with E-state index < -0.39 is 17.6 Å². The number of halogens is 4. The van der Waals surface area contributed by atoms with Gasteiger partial charge in [0.15, 0.2) is 0 Å². The molecule has 0 unspecified atom stereocenters. The number of alkyl halides is 3. The van der Waals surface area contributed by atoms with Gasteiger partial charge in [-0.3, -0.25) is 0 Å². The number of rotatable bonds is 0. The van der Waals surface area contributed by atoms with E-state index in [2.05, 4.69) is 6.92 Å². The number of benzene rings is 1. The van der Waals surface area contributed by atoms with Gasteiger partial charge in [-0.2, -0.15) is 31.7 Å². The minimum absolute atomic E-state index is 0. The van der Waals surface area contributed by atoms with E-state index in [9.17, 15) is 17.6 Å². The molecule has 0 N–H and O–H groups in total. The smallest absolute Gasteiger partial charge is 0.221 e. The Morgan fingerprint density at radius 2 is 1.69 bits per heavy atom. The standard InChI is InChI=1S/C8H5F4.Zn/c1-5-2-3-6(7(9)4-5)8(10,11)12;/h2-4H,1H2;/q-1;. The first-order chi connectivity index (χ1) is 5.41. The van der Waals surface area contributed by atoms with Gasteiger partial charge < -0.3 is 0 Å². The van der Waals surface area contributed by atoms with Crippen molar-refractivity contribution < 1.29 is 37.0 Å². The van der Waals surface area contributed by atoms with Gasteiger partial charge in [0.1, 0.15) is 0 Å². The zero-order valence-electron chi connectivity index (χ0n) is 6.66. The second-order valence-corrected chi connectivity index (χ2v) is 2.31. The maximum atomic E-state index is 12.6. The summed E-state index contributed by atoms with van der Waals surface area (Å²) in [5, 5.41) is 0. The average Bonchev–Trinajstić information content (AvgIpc) is 1.83. The quantitative estimate of drug-likeness (QED) is 0.373. The normalized spacial score (nSPS) is 10.8. The van der Waals surface area contributed by atoms with E-state index in [-0.39, 0.29) is 25.0 Å². The van der Waals surface area contributed by atoms with Crippen LogP contribution in [-0.2, 0) is 25.7 Å². The van der Waals surface area contributed by atoms with Crippen LogP contribution in [0.5, 0.6) is 0 Å². The molecule has 0 aliphatic rings. The molecular formula is C8H5F4Zn-. The largest absolute Gasteiger partial charge is 0.417 e. The second kappa shape index (κ2) is 4.10. The summed E-state index contributed by atoms with van der Waals surface area (Å²) >= 11 is 0. The molecule has 0 aliphatic carbocycles.